The number of hydrogen-bond acceptors (Lipinski definition) is 6. The molecule has 2 aromatic heterocycles. The fourth-order valence-corrected chi connectivity index (χ4v) is 5.15. The van der Waals surface area contributed by atoms with E-state index in [2.05, 4.69) is 70.1 Å². The number of hydrogen-bond donors (Lipinski definition) is 1. The maximum atomic E-state index is 12.5. The Hall–Kier alpha value is -2.97. The van der Waals surface area contributed by atoms with E-state index in [0.717, 1.165) is 27.2 Å². The van der Waals surface area contributed by atoms with Crippen LogP contribution in [0.3, 0.4) is 0 Å². The van der Waals surface area contributed by atoms with Crippen LogP contribution in [0.2, 0.25) is 0 Å². The molecule has 1 amide bonds. The Labute approximate surface area is 208 Å². The molecule has 0 bridgehead atoms. The normalized spacial score (nSPS) is 12.1. The van der Waals surface area contributed by atoms with E-state index >= 15 is 0 Å². The second kappa shape index (κ2) is 11.0. The van der Waals surface area contributed by atoms with Crippen molar-refractivity contribution in [2.75, 3.05) is 0 Å². The van der Waals surface area contributed by atoms with Crippen molar-refractivity contribution in [1.29, 1.82) is 0 Å². The van der Waals surface area contributed by atoms with E-state index in [0.29, 0.717) is 23.8 Å². The molecule has 4 aromatic rings. The number of thiazole rings is 1. The molecule has 0 spiro atoms. The highest BCUT2D eigenvalue weighted by molar-refractivity contribution is 7.98. The molecule has 176 valence electrons. The molecule has 1 unspecified atom stereocenters. The second-order valence-electron chi connectivity index (χ2n) is 8.60. The van der Waals surface area contributed by atoms with Gasteiger partial charge in [0.2, 0.25) is 0 Å². The van der Waals surface area contributed by atoms with Crippen LogP contribution in [0, 0.1) is 12.8 Å². The fourth-order valence-electron chi connectivity index (χ4n) is 3.40. The van der Waals surface area contributed by atoms with E-state index in [1.54, 1.807) is 11.8 Å². The van der Waals surface area contributed by atoms with Gasteiger partial charge < -0.3 is 5.32 Å². The zero-order chi connectivity index (χ0) is 24.1. The first-order valence-corrected chi connectivity index (χ1v) is 13.2. The minimum absolute atomic E-state index is 0.0997. The Morgan fingerprint density at radius 1 is 1.06 bits per heavy atom. The van der Waals surface area contributed by atoms with Gasteiger partial charge in [0.15, 0.2) is 5.16 Å². The number of carbonyl (C=O) groups is 1. The predicted octanol–water partition coefficient (Wildman–Crippen LogP) is 5.69. The molecule has 2 aromatic carbocycles. The van der Waals surface area contributed by atoms with Gasteiger partial charge in [-0.1, -0.05) is 74.1 Å². The van der Waals surface area contributed by atoms with Gasteiger partial charge in [-0.3, -0.25) is 9.36 Å². The Morgan fingerprint density at radius 3 is 2.53 bits per heavy atom. The van der Waals surface area contributed by atoms with Crippen molar-refractivity contribution in [1.82, 2.24) is 25.1 Å². The summed E-state index contributed by atoms with van der Waals surface area (Å²) in [6.07, 6.45) is 0.693. The first-order chi connectivity index (χ1) is 16.4. The number of benzene rings is 2. The van der Waals surface area contributed by atoms with Gasteiger partial charge in [0.05, 0.1) is 11.4 Å². The Bertz CT molecular complexity index is 1250. The third-order valence-electron chi connectivity index (χ3n) is 5.73. The Balaban J connectivity index is 1.54. The van der Waals surface area contributed by atoms with Crippen molar-refractivity contribution in [3.05, 3.63) is 87.6 Å². The van der Waals surface area contributed by atoms with E-state index in [4.69, 9.17) is 0 Å². The molecule has 2 heterocycles. The summed E-state index contributed by atoms with van der Waals surface area (Å²) in [6, 6.07) is 18.7. The molecule has 6 nitrogen and oxygen atoms in total. The highest BCUT2D eigenvalue weighted by atomic mass is 32.2. The van der Waals surface area contributed by atoms with Crippen molar-refractivity contribution in [2.45, 2.75) is 51.1 Å². The zero-order valence-corrected chi connectivity index (χ0v) is 21.5. The van der Waals surface area contributed by atoms with Gasteiger partial charge in [-0.2, -0.15) is 0 Å². The van der Waals surface area contributed by atoms with E-state index in [9.17, 15) is 4.79 Å². The summed E-state index contributed by atoms with van der Waals surface area (Å²) in [5, 5.41) is 15.6. The molecule has 1 N–H and O–H groups in total. The number of aryl methyl sites for hydroxylation is 1. The summed E-state index contributed by atoms with van der Waals surface area (Å²) in [5.41, 5.74) is 3.89. The third-order valence-corrected chi connectivity index (χ3v) is 7.70. The number of para-hydroxylation sites is 1. The number of nitrogens with zero attached hydrogens (tertiary/aromatic N) is 4. The van der Waals surface area contributed by atoms with Crippen LogP contribution in [0.1, 0.15) is 53.2 Å². The molecule has 0 aliphatic carbocycles. The Kier molecular flexibility index (Phi) is 7.80. The van der Waals surface area contributed by atoms with E-state index < -0.39 is 0 Å². The first-order valence-electron chi connectivity index (χ1n) is 11.3. The van der Waals surface area contributed by atoms with E-state index in [1.165, 1.54) is 16.9 Å². The molecule has 4 rings (SSSR count). The van der Waals surface area contributed by atoms with Gasteiger partial charge in [-0.05, 0) is 37.0 Å². The van der Waals surface area contributed by atoms with E-state index in [1.807, 2.05) is 42.6 Å². The summed E-state index contributed by atoms with van der Waals surface area (Å²) in [4.78, 5) is 17.1. The lowest BCUT2D eigenvalue weighted by atomic mass is 10.1. The van der Waals surface area contributed by atoms with Crippen molar-refractivity contribution in [2.24, 2.45) is 5.92 Å². The van der Waals surface area contributed by atoms with Crippen molar-refractivity contribution < 1.29 is 4.79 Å². The lowest BCUT2D eigenvalue weighted by Crippen LogP contribution is -2.36. The molecule has 0 fully saturated rings. The SMILES string of the molecule is Cc1ccccc1-n1c(Cc2ccccc2)nnc1SCc1nc(C(=O)NC(C)C(C)C)cs1. The van der Waals surface area contributed by atoms with Crippen LogP contribution in [0.25, 0.3) is 5.69 Å². The molecular formula is C26H29N5OS2. The number of amides is 1. The lowest BCUT2D eigenvalue weighted by Gasteiger charge is -2.16. The topological polar surface area (TPSA) is 72.7 Å². The number of carbonyl (C=O) groups excluding carboxylic acids is 1. The maximum absolute atomic E-state index is 12.5. The van der Waals surface area contributed by atoms with Gasteiger partial charge >= 0.3 is 0 Å². The quantitative estimate of drug-likeness (QED) is 0.305. The van der Waals surface area contributed by atoms with Gasteiger partial charge in [0.25, 0.3) is 5.91 Å². The number of rotatable bonds is 9. The standard InChI is InChI=1S/C26H29N5OS2/c1-17(2)19(4)27-25(32)21-15-33-24(28-21)16-34-26-30-29-23(14-20-11-6-5-7-12-20)31(26)22-13-9-8-10-18(22)3/h5-13,15,17,19H,14,16H2,1-4H3,(H,27,32). The van der Waals surface area contributed by atoms with Gasteiger partial charge in [0, 0.05) is 17.8 Å². The molecule has 34 heavy (non-hydrogen) atoms. The third kappa shape index (κ3) is 5.74. The average molecular weight is 492 g/mol. The van der Waals surface area contributed by atoms with Crippen LogP contribution in [-0.4, -0.2) is 31.7 Å². The van der Waals surface area contributed by atoms with Gasteiger partial charge in [-0.25, -0.2) is 4.98 Å². The van der Waals surface area contributed by atoms with Gasteiger partial charge in [-0.15, -0.1) is 21.5 Å². The summed E-state index contributed by atoms with van der Waals surface area (Å²) in [7, 11) is 0. The van der Waals surface area contributed by atoms with Crippen molar-refractivity contribution in [3.63, 3.8) is 0 Å². The average Bonchev–Trinajstić information content (AvgIpc) is 3.46. The van der Waals surface area contributed by atoms with E-state index in [-0.39, 0.29) is 11.9 Å². The largest absolute Gasteiger partial charge is 0.348 e. The van der Waals surface area contributed by atoms with Crippen LogP contribution < -0.4 is 5.32 Å². The Morgan fingerprint density at radius 2 is 1.79 bits per heavy atom. The molecule has 8 heteroatoms. The smallest absolute Gasteiger partial charge is 0.270 e. The number of thioether (sulfide) groups is 1. The highest BCUT2D eigenvalue weighted by Crippen LogP contribution is 2.28. The second-order valence-corrected chi connectivity index (χ2v) is 10.5. The van der Waals surface area contributed by atoms with Gasteiger partial charge in [0.1, 0.15) is 16.5 Å². The van der Waals surface area contributed by atoms with Crippen molar-refractivity contribution >= 4 is 29.0 Å². The molecule has 0 saturated heterocycles. The summed E-state index contributed by atoms with van der Waals surface area (Å²) in [6.45, 7) is 8.28. The van der Waals surface area contributed by atoms with Crippen LogP contribution in [-0.2, 0) is 12.2 Å². The predicted molar refractivity (Wildman–Crippen MR) is 139 cm³/mol. The van der Waals surface area contributed by atoms with Crippen LogP contribution in [0.5, 0.6) is 0 Å². The first kappa shape index (κ1) is 24.2. The fraction of sp³-hybridized carbons (Fsp3) is 0.308. The molecular weight excluding hydrogens is 462 g/mol. The number of aromatic nitrogens is 4. The maximum Gasteiger partial charge on any atom is 0.270 e. The molecule has 0 radical (unpaired) electrons. The highest BCUT2D eigenvalue weighted by Gasteiger charge is 2.19. The minimum Gasteiger partial charge on any atom is -0.348 e. The van der Waals surface area contributed by atoms with Crippen molar-refractivity contribution in [3.8, 4) is 5.69 Å². The summed E-state index contributed by atoms with van der Waals surface area (Å²) < 4.78 is 2.14. The lowest BCUT2D eigenvalue weighted by molar-refractivity contribution is 0.0926. The minimum atomic E-state index is -0.123. The summed E-state index contributed by atoms with van der Waals surface area (Å²) in [5.74, 6) is 1.76. The molecule has 0 aliphatic heterocycles. The monoisotopic (exact) mass is 491 g/mol. The number of nitrogens with one attached hydrogen (secondary N) is 1. The van der Waals surface area contributed by atoms with Crippen LogP contribution in [0.15, 0.2) is 65.1 Å². The summed E-state index contributed by atoms with van der Waals surface area (Å²) >= 11 is 3.08. The van der Waals surface area contributed by atoms with Crippen LogP contribution >= 0.6 is 23.1 Å². The molecule has 1 atom stereocenters. The van der Waals surface area contributed by atoms with Crippen LogP contribution in [0.4, 0.5) is 0 Å². The molecule has 0 aliphatic rings. The molecule has 0 saturated carbocycles. The zero-order valence-electron chi connectivity index (χ0n) is 19.9.